The molecule has 24 heavy (non-hydrogen) atoms. The average Bonchev–Trinajstić information content (AvgIpc) is 3.01. The number of rotatable bonds is 7. The van der Waals surface area contributed by atoms with Crippen molar-refractivity contribution in [3.63, 3.8) is 0 Å². The van der Waals surface area contributed by atoms with Gasteiger partial charge in [-0.25, -0.2) is 4.39 Å². The molecule has 0 unspecified atom stereocenters. The van der Waals surface area contributed by atoms with Gasteiger partial charge in [0.1, 0.15) is 5.82 Å². The number of carbonyl (C=O) groups is 2. The summed E-state index contributed by atoms with van der Waals surface area (Å²) in [7, 11) is 0. The first-order valence-electron chi connectivity index (χ1n) is 8.09. The van der Waals surface area contributed by atoms with Crippen molar-refractivity contribution in [3.8, 4) is 0 Å². The summed E-state index contributed by atoms with van der Waals surface area (Å²) in [5, 5.41) is 5.77. The fourth-order valence-corrected chi connectivity index (χ4v) is 2.94. The molecule has 7 heteroatoms. The number of nitrogens with one attached hydrogen (secondary N) is 2. The lowest BCUT2D eigenvalue weighted by molar-refractivity contribution is -0.123. The molecule has 5 nitrogen and oxygen atoms in total. The van der Waals surface area contributed by atoms with E-state index in [4.69, 9.17) is 5.73 Å². The molecule has 2 amide bonds. The molecule has 0 radical (unpaired) electrons. The van der Waals surface area contributed by atoms with Gasteiger partial charge in [-0.2, -0.15) is 0 Å². The van der Waals surface area contributed by atoms with Gasteiger partial charge in [-0.3, -0.25) is 9.59 Å². The molecule has 0 aliphatic heterocycles. The van der Waals surface area contributed by atoms with E-state index in [9.17, 15) is 14.0 Å². The van der Waals surface area contributed by atoms with Gasteiger partial charge in [0.05, 0.1) is 5.54 Å². The zero-order valence-corrected chi connectivity index (χ0v) is 14.5. The van der Waals surface area contributed by atoms with Gasteiger partial charge in [-0.15, -0.1) is 12.4 Å². The van der Waals surface area contributed by atoms with Crippen molar-refractivity contribution in [2.24, 2.45) is 5.73 Å². The smallest absolute Gasteiger partial charge is 0.251 e. The minimum atomic E-state index is -0.376. The van der Waals surface area contributed by atoms with E-state index in [-0.39, 0.29) is 35.6 Å². The van der Waals surface area contributed by atoms with Crippen molar-refractivity contribution in [2.75, 3.05) is 13.1 Å². The van der Waals surface area contributed by atoms with Gasteiger partial charge in [0.15, 0.2) is 0 Å². The Bertz CT molecular complexity index is 545. The minimum Gasteiger partial charge on any atom is -0.352 e. The zero-order chi connectivity index (χ0) is 16.7. The maximum Gasteiger partial charge on any atom is 0.251 e. The number of amides is 2. The lowest BCUT2D eigenvalue weighted by Gasteiger charge is -2.28. The topological polar surface area (TPSA) is 84.2 Å². The van der Waals surface area contributed by atoms with Gasteiger partial charge in [0.2, 0.25) is 5.91 Å². The van der Waals surface area contributed by atoms with Crippen LogP contribution in [0.15, 0.2) is 24.3 Å². The van der Waals surface area contributed by atoms with Crippen LogP contribution in [0.2, 0.25) is 0 Å². The number of hydrogen-bond acceptors (Lipinski definition) is 3. The summed E-state index contributed by atoms with van der Waals surface area (Å²) in [6, 6.07) is 5.36. The summed E-state index contributed by atoms with van der Waals surface area (Å²) in [5.41, 5.74) is 5.97. The summed E-state index contributed by atoms with van der Waals surface area (Å²) in [4.78, 5) is 23.8. The third-order valence-corrected chi connectivity index (χ3v) is 4.33. The number of benzene rings is 1. The van der Waals surface area contributed by atoms with E-state index < -0.39 is 0 Å². The summed E-state index contributed by atoms with van der Waals surface area (Å²) >= 11 is 0. The summed E-state index contributed by atoms with van der Waals surface area (Å²) in [6.45, 7) is 0.874. The van der Waals surface area contributed by atoms with Crippen LogP contribution in [-0.2, 0) is 4.79 Å². The first-order valence-corrected chi connectivity index (χ1v) is 8.09. The lowest BCUT2D eigenvalue weighted by Crippen LogP contribution is -2.51. The van der Waals surface area contributed by atoms with E-state index in [0.717, 1.165) is 25.7 Å². The Morgan fingerprint density at radius 2 is 1.79 bits per heavy atom. The van der Waals surface area contributed by atoms with Crippen LogP contribution in [0.5, 0.6) is 0 Å². The molecule has 2 rings (SSSR count). The molecule has 0 atom stereocenters. The van der Waals surface area contributed by atoms with Gasteiger partial charge >= 0.3 is 0 Å². The molecule has 0 saturated heterocycles. The Morgan fingerprint density at radius 3 is 2.38 bits per heavy atom. The third-order valence-electron chi connectivity index (χ3n) is 4.33. The van der Waals surface area contributed by atoms with Crippen LogP contribution in [0, 0.1) is 5.82 Å². The van der Waals surface area contributed by atoms with Crippen molar-refractivity contribution >= 4 is 24.2 Å². The van der Waals surface area contributed by atoms with E-state index in [1.165, 1.54) is 24.3 Å². The van der Waals surface area contributed by atoms with E-state index in [1.54, 1.807) is 0 Å². The average molecular weight is 358 g/mol. The molecule has 1 aliphatic rings. The molecule has 1 saturated carbocycles. The Hall–Kier alpha value is -1.66. The highest BCUT2D eigenvalue weighted by atomic mass is 35.5. The molecule has 1 aromatic rings. The normalized spacial score (nSPS) is 15.4. The first kappa shape index (κ1) is 20.4. The molecule has 0 aromatic heterocycles. The van der Waals surface area contributed by atoms with Crippen LogP contribution in [0.1, 0.15) is 48.9 Å². The van der Waals surface area contributed by atoms with Crippen LogP contribution in [-0.4, -0.2) is 30.4 Å². The van der Waals surface area contributed by atoms with Crippen molar-refractivity contribution in [3.05, 3.63) is 35.6 Å². The highest BCUT2D eigenvalue weighted by Crippen LogP contribution is 2.28. The predicted molar refractivity (Wildman–Crippen MR) is 93.6 cm³/mol. The van der Waals surface area contributed by atoms with Gasteiger partial charge in [0, 0.05) is 25.1 Å². The van der Waals surface area contributed by atoms with Crippen LogP contribution in [0.4, 0.5) is 4.39 Å². The Labute approximate surface area is 148 Å². The molecule has 1 fully saturated rings. The quantitative estimate of drug-likeness (QED) is 0.654. The third kappa shape index (κ3) is 5.76. The van der Waals surface area contributed by atoms with Crippen LogP contribution in [0.25, 0.3) is 0 Å². The van der Waals surface area contributed by atoms with Gasteiger partial charge in [-0.05, 0) is 43.5 Å². The summed E-state index contributed by atoms with van der Waals surface area (Å²) in [6.07, 6.45) is 4.99. The standard InChI is InChI=1S/C17H24FN3O2.ClH/c18-14-7-5-13(6-8-14)16(23)20-11-3-4-15(22)21-17(12-19)9-1-2-10-17;/h5-8H,1-4,9-12,19H2,(H,20,23)(H,21,22);1H. The molecular weight excluding hydrogens is 333 g/mol. The second-order valence-corrected chi connectivity index (χ2v) is 6.11. The number of carbonyl (C=O) groups excluding carboxylic acids is 2. The van der Waals surface area contributed by atoms with E-state index >= 15 is 0 Å². The summed E-state index contributed by atoms with van der Waals surface area (Å²) in [5.74, 6) is -0.660. The van der Waals surface area contributed by atoms with Crippen molar-refractivity contribution in [1.29, 1.82) is 0 Å². The molecule has 0 spiro atoms. The Morgan fingerprint density at radius 1 is 1.17 bits per heavy atom. The van der Waals surface area contributed by atoms with Crippen molar-refractivity contribution in [1.82, 2.24) is 10.6 Å². The number of halogens is 2. The molecule has 1 aromatic carbocycles. The molecule has 0 heterocycles. The fourth-order valence-electron chi connectivity index (χ4n) is 2.94. The van der Waals surface area contributed by atoms with Gasteiger partial charge in [-0.1, -0.05) is 12.8 Å². The molecule has 134 valence electrons. The zero-order valence-electron chi connectivity index (χ0n) is 13.6. The van der Waals surface area contributed by atoms with E-state index in [1.807, 2.05) is 0 Å². The maximum atomic E-state index is 12.8. The highest BCUT2D eigenvalue weighted by molar-refractivity contribution is 5.94. The van der Waals surface area contributed by atoms with E-state index in [0.29, 0.717) is 31.5 Å². The summed E-state index contributed by atoms with van der Waals surface area (Å²) < 4.78 is 12.8. The van der Waals surface area contributed by atoms with Gasteiger partial charge in [0.25, 0.3) is 5.91 Å². The largest absolute Gasteiger partial charge is 0.352 e. The van der Waals surface area contributed by atoms with Crippen LogP contribution in [0.3, 0.4) is 0 Å². The van der Waals surface area contributed by atoms with E-state index in [2.05, 4.69) is 10.6 Å². The Kier molecular flexibility index (Phi) is 8.15. The SMILES string of the molecule is Cl.NCC1(NC(=O)CCCNC(=O)c2ccc(F)cc2)CCCC1. The minimum absolute atomic E-state index is 0. The van der Waals surface area contributed by atoms with Crippen molar-refractivity contribution in [2.45, 2.75) is 44.1 Å². The fraction of sp³-hybridized carbons (Fsp3) is 0.529. The molecule has 4 N–H and O–H groups in total. The van der Waals surface area contributed by atoms with Gasteiger partial charge < -0.3 is 16.4 Å². The number of nitrogens with two attached hydrogens (primary N) is 1. The maximum absolute atomic E-state index is 12.8. The molecule has 1 aliphatic carbocycles. The lowest BCUT2D eigenvalue weighted by atomic mass is 9.97. The molecular formula is C17H25ClFN3O2. The predicted octanol–water partition coefficient (Wildman–Crippen LogP) is 2.15. The van der Waals surface area contributed by atoms with Crippen LogP contribution >= 0.6 is 12.4 Å². The van der Waals surface area contributed by atoms with Crippen molar-refractivity contribution < 1.29 is 14.0 Å². The second kappa shape index (κ2) is 9.59. The molecule has 0 bridgehead atoms. The van der Waals surface area contributed by atoms with Crippen LogP contribution < -0.4 is 16.4 Å². The monoisotopic (exact) mass is 357 g/mol. The first-order chi connectivity index (χ1) is 11.0. The Balaban J connectivity index is 0.00000288. The second-order valence-electron chi connectivity index (χ2n) is 6.11. The number of hydrogen-bond donors (Lipinski definition) is 3. The highest BCUT2D eigenvalue weighted by Gasteiger charge is 2.33.